The van der Waals surface area contributed by atoms with Gasteiger partial charge in [-0.15, -0.1) is 5.10 Å². The third-order valence-electron chi connectivity index (χ3n) is 2.28. The van der Waals surface area contributed by atoms with Crippen LogP contribution in [0.2, 0.25) is 0 Å². The number of nitrogens with one attached hydrogen (secondary N) is 1. The van der Waals surface area contributed by atoms with Crippen molar-refractivity contribution in [1.82, 2.24) is 14.9 Å². The SMILES string of the molecule is CCCNC(COCCC)c1snnc1C. The molecule has 0 saturated heterocycles. The first kappa shape index (κ1) is 13.5. The predicted molar refractivity (Wildman–Crippen MR) is 66.8 cm³/mol. The quantitative estimate of drug-likeness (QED) is 0.712. The Morgan fingerprint density at radius 2 is 2.19 bits per heavy atom. The normalized spacial score (nSPS) is 12.9. The lowest BCUT2D eigenvalue weighted by Crippen LogP contribution is -2.26. The Morgan fingerprint density at radius 1 is 1.38 bits per heavy atom. The summed E-state index contributed by atoms with van der Waals surface area (Å²) in [6.07, 6.45) is 2.18. The van der Waals surface area contributed by atoms with Crippen molar-refractivity contribution in [1.29, 1.82) is 0 Å². The molecule has 1 aromatic heterocycles. The first-order chi connectivity index (χ1) is 7.79. The highest BCUT2D eigenvalue weighted by molar-refractivity contribution is 7.05. The van der Waals surface area contributed by atoms with Gasteiger partial charge in [0.15, 0.2) is 0 Å². The fraction of sp³-hybridized carbons (Fsp3) is 0.818. The van der Waals surface area contributed by atoms with Crippen LogP contribution in [0.1, 0.15) is 43.3 Å². The second-order valence-corrected chi connectivity index (χ2v) is 4.59. The van der Waals surface area contributed by atoms with E-state index in [1.165, 1.54) is 16.4 Å². The molecule has 0 saturated carbocycles. The molecule has 1 rings (SSSR count). The Balaban J connectivity index is 2.53. The molecule has 16 heavy (non-hydrogen) atoms. The van der Waals surface area contributed by atoms with Gasteiger partial charge in [0, 0.05) is 6.61 Å². The molecule has 0 aliphatic rings. The molecule has 1 heterocycles. The Hall–Kier alpha value is -0.520. The number of ether oxygens (including phenoxy) is 1. The molecule has 0 amide bonds. The predicted octanol–water partition coefficient (Wildman–Crippen LogP) is 2.31. The largest absolute Gasteiger partial charge is 0.379 e. The molecule has 1 unspecified atom stereocenters. The van der Waals surface area contributed by atoms with E-state index in [0.717, 1.165) is 31.7 Å². The Labute approximate surface area is 102 Å². The Morgan fingerprint density at radius 3 is 2.75 bits per heavy atom. The van der Waals surface area contributed by atoms with Crippen molar-refractivity contribution in [3.05, 3.63) is 10.6 Å². The second-order valence-electron chi connectivity index (χ2n) is 3.80. The van der Waals surface area contributed by atoms with E-state index in [-0.39, 0.29) is 6.04 Å². The summed E-state index contributed by atoms with van der Waals surface area (Å²) in [6, 6.07) is 0.242. The molecule has 92 valence electrons. The molecule has 1 aromatic rings. The van der Waals surface area contributed by atoms with Crippen LogP contribution in [0.15, 0.2) is 0 Å². The summed E-state index contributed by atoms with van der Waals surface area (Å²) >= 11 is 1.46. The highest BCUT2D eigenvalue weighted by Gasteiger charge is 2.16. The van der Waals surface area contributed by atoms with E-state index in [1.807, 2.05) is 6.92 Å². The van der Waals surface area contributed by atoms with E-state index in [1.54, 1.807) is 0 Å². The van der Waals surface area contributed by atoms with Crippen molar-refractivity contribution in [2.45, 2.75) is 39.7 Å². The van der Waals surface area contributed by atoms with E-state index < -0.39 is 0 Å². The van der Waals surface area contributed by atoms with Gasteiger partial charge in [-0.3, -0.25) is 0 Å². The highest BCUT2D eigenvalue weighted by atomic mass is 32.1. The maximum Gasteiger partial charge on any atom is 0.0773 e. The van der Waals surface area contributed by atoms with Gasteiger partial charge in [-0.1, -0.05) is 18.3 Å². The van der Waals surface area contributed by atoms with Crippen molar-refractivity contribution in [2.24, 2.45) is 0 Å². The zero-order chi connectivity index (χ0) is 11.8. The third-order valence-corrected chi connectivity index (χ3v) is 3.22. The molecule has 0 fully saturated rings. The fourth-order valence-corrected chi connectivity index (χ4v) is 2.15. The van der Waals surface area contributed by atoms with Crippen LogP contribution in [0.4, 0.5) is 0 Å². The zero-order valence-corrected chi connectivity index (χ0v) is 11.1. The van der Waals surface area contributed by atoms with Crippen LogP contribution < -0.4 is 5.32 Å². The minimum absolute atomic E-state index is 0.242. The molecule has 0 aliphatic heterocycles. The average Bonchev–Trinajstić information content (AvgIpc) is 2.70. The van der Waals surface area contributed by atoms with Gasteiger partial charge in [0.05, 0.1) is 23.2 Å². The third kappa shape index (κ3) is 4.15. The molecule has 0 aliphatic carbocycles. The van der Waals surface area contributed by atoms with Gasteiger partial charge in [-0.05, 0) is 37.8 Å². The minimum atomic E-state index is 0.242. The molecule has 5 heteroatoms. The average molecular weight is 243 g/mol. The molecule has 4 nitrogen and oxygen atoms in total. The van der Waals surface area contributed by atoms with E-state index in [4.69, 9.17) is 4.74 Å². The Bertz CT molecular complexity index is 291. The van der Waals surface area contributed by atoms with Gasteiger partial charge in [0.25, 0.3) is 0 Å². The molecule has 0 spiro atoms. The minimum Gasteiger partial charge on any atom is -0.379 e. The first-order valence-corrected chi connectivity index (χ1v) is 6.66. The van der Waals surface area contributed by atoms with E-state index in [2.05, 4.69) is 28.8 Å². The molecule has 0 aromatic carbocycles. The van der Waals surface area contributed by atoms with Gasteiger partial charge < -0.3 is 10.1 Å². The standard InChI is InChI=1S/C11H21N3OS/c1-4-6-12-10(8-15-7-5-2)11-9(3)13-14-16-11/h10,12H,4-8H2,1-3H3. The first-order valence-electron chi connectivity index (χ1n) is 5.89. The maximum absolute atomic E-state index is 5.61. The van der Waals surface area contributed by atoms with E-state index in [0.29, 0.717) is 6.61 Å². The fourth-order valence-electron chi connectivity index (χ4n) is 1.45. The Kier molecular flexibility index (Phi) is 6.52. The van der Waals surface area contributed by atoms with Gasteiger partial charge in [0.2, 0.25) is 0 Å². The summed E-state index contributed by atoms with van der Waals surface area (Å²) in [7, 11) is 0. The number of aryl methyl sites for hydroxylation is 1. The lowest BCUT2D eigenvalue weighted by Gasteiger charge is -2.17. The van der Waals surface area contributed by atoms with Gasteiger partial charge >= 0.3 is 0 Å². The van der Waals surface area contributed by atoms with Crippen molar-refractivity contribution in [3.8, 4) is 0 Å². The lowest BCUT2D eigenvalue weighted by molar-refractivity contribution is 0.112. The number of rotatable bonds is 8. The van der Waals surface area contributed by atoms with Gasteiger partial charge in [0.1, 0.15) is 0 Å². The topological polar surface area (TPSA) is 47.0 Å². The van der Waals surface area contributed by atoms with Crippen LogP contribution in [0.3, 0.4) is 0 Å². The maximum atomic E-state index is 5.61. The molecular weight excluding hydrogens is 222 g/mol. The van der Waals surface area contributed by atoms with E-state index in [9.17, 15) is 0 Å². The van der Waals surface area contributed by atoms with Crippen LogP contribution in [0.5, 0.6) is 0 Å². The van der Waals surface area contributed by atoms with Crippen LogP contribution in [0.25, 0.3) is 0 Å². The van der Waals surface area contributed by atoms with Crippen molar-refractivity contribution < 1.29 is 4.74 Å². The smallest absolute Gasteiger partial charge is 0.0773 e. The summed E-state index contributed by atoms with van der Waals surface area (Å²) < 4.78 is 9.58. The summed E-state index contributed by atoms with van der Waals surface area (Å²) in [5.41, 5.74) is 1.01. The van der Waals surface area contributed by atoms with Crippen molar-refractivity contribution >= 4 is 11.5 Å². The zero-order valence-electron chi connectivity index (χ0n) is 10.3. The van der Waals surface area contributed by atoms with Gasteiger partial charge in [-0.2, -0.15) is 0 Å². The molecular formula is C11H21N3OS. The van der Waals surface area contributed by atoms with Crippen molar-refractivity contribution in [3.63, 3.8) is 0 Å². The highest BCUT2D eigenvalue weighted by Crippen LogP contribution is 2.20. The number of hydrogen-bond donors (Lipinski definition) is 1. The van der Waals surface area contributed by atoms with Crippen LogP contribution in [0, 0.1) is 6.92 Å². The number of nitrogens with zero attached hydrogens (tertiary/aromatic N) is 2. The molecule has 1 atom stereocenters. The number of aromatic nitrogens is 2. The summed E-state index contributed by atoms with van der Waals surface area (Å²) in [5.74, 6) is 0. The van der Waals surface area contributed by atoms with Gasteiger partial charge in [-0.25, -0.2) is 0 Å². The second kappa shape index (κ2) is 7.70. The lowest BCUT2D eigenvalue weighted by atomic mass is 10.2. The van der Waals surface area contributed by atoms with Crippen LogP contribution >= 0.6 is 11.5 Å². The molecule has 1 N–H and O–H groups in total. The van der Waals surface area contributed by atoms with E-state index >= 15 is 0 Å². The summed E-state index contributed by atoms with van der Waals surface area (Å²) in [5, 5.41) is 7.52. The van der Waals surface area contributed by atoms with Crippen LogP contribution in [-0.2, 0) is 4.74 Å². The number of hydrogen-bond acceptors (Lipinski definition) is 5. The summed E-state index contributed by atoms with van der Waals surface area (Å²) in [6.45, 7) is 8.80. The van der Waals surface area contributed by atoms with Crippen molar-refractivity contribution in [2.75, 3.05) is 19.8 Å². The molecule has 0 bridgehead atoms. The monoisotopic (exact) mass is 243 g/mol. The van der Waals surface area contributed by atoms with Crippen LogP contribution in [-0.4, -0.2) is 29.3 Å². The molecule has 0 radical (unpaired) electrons. The summed E-state index contributed by atoms with van der Waals surface area (Å²) in [4.78, 5) is 1.20.